The predicted octanol–water partition coefficient (Wildman–Crippen LogP) is 0.346. The van der Waals surface area contributed by atoms with Crippen LogP contribution >= 0.6 is 0 Å². The van der Waals surface area contributed by atoms with Crippen LogP contribution in [0.25, 0.3) is 0 Å². The van der Waals surface area contributed by atoms with Gasteiger partial charge in [0.05, 0.1) is 12.3 Å². The first-order chi connectivity index (χ1) is 10.8. The minimum absolute atomic E-state index is 0.0763. The molecule has 1 aromatic rings. The topological polar surface area (TPSA) is 83.7 Å². The van der Waals surface area contributed by atoms with Crippen molar-refractivity contribution in [1.29, 1.82) is 0 Å². The fourth-order valence-corrected chi connectivity index (χ4v) is 3.58. The zero-order valence-electron chi connectivity index (χ0n) is 13.1. The lowest BCUT2D eigenvalue weighted by Crippen LogP contribution is -2.44. The summed E-state index contributed by atoms with van der Waals surface area (Å²) >= 11 is 0. The Morgan fingerprint density at radius 2 is 2.04 bits per heavy atom. The van der Waals surface area contributed by atoms with Crippen LogP contribution in [-0.4, -0.2) is 61.6 Å². The smallest absolute Gasteiger partial charge is 0.234 e. The molecule has 1 aliphatic rings. The van der Waals surface area contributed by atoms with E-state index in [2.05, 4.69) is 0 Å². The van der Waals surface area contributed by atoms with Gasteiger partial charge in [-0.2, -0.15) is 4.31 Å². The highest BCUT2D eigenvalue weighted by atomic mass is 32.2. The van der Waals surface area contributed by atoms with E-state index < -0.39 is 28.1 Å². The van der Waals surface area contributed by atoms with Crippen molar-refractivity contribution in [2.24, 2.45) is 5.73 Å². The SMILES string of the molecule is CS(=O)(=O)N(CCN1C[C@H](F)C[C@H]1C(N)=O)Cc1ccccc1. The quantitative estimate of drug-likeness (QED) is 0.774. The molecule has 0 aromatic heterocycles. The molecule has 1 aliphatic heterocycles. The second-order valence-electron chi connectivity index (χ2n) is 5.83. The highest BCUT2D eigenvalue weighted by molar-refractivity contribution is 7.88. The first-order valence-corrected chi connectivity index (χ1v) is 9.28. The summed E-state index contributed by atoms with van der Waals surface area (Å²) in [7, 11) is -3.41. The summed E-state index contributed by atoms with van der Waals surface area (Å²) in [5.41, 5.74) is 6.16. The molecule has 2 rings (SSSR count). The Balaban J connectivity index is 2.03. The number of carbonyl (C=O) groups excluding carboxylic acids is 1. The van der Waals surface area contributed by atoms with Crippen LogP contribution in [0.15, 0.2) is 30.3 Å². The Bertz CT molecular complexity index is 639. The monoisotopic (exact) mass is 343 g/mol. The van der Waals surface area contributed by atoms with Crippen molar-refractivity contribution >= 4 is 15.9 Å². The zero-order chi connectivity index (χ0) is 17.0. The van der Waals surface area contributed by atoms with Crippen molar-refractivity contribution in [2.45, 2.75) is 25.2 Å². The number of primary amides is 1. The summed E-state index contributed by atoms with van der Waals surface area (Å²) in [5, 5.41) is 0. The van der Waals surface area contributed by atoms with Gasteiger partial charge in [0.15, 0.2) is 0 Å². The predicted molar refractivity (Wildman–Crippen MR) is 85.8 cm³/mol. The lowest BCUT2D eigenvalue weighted by molar-refractivity contribution is -0.122. The van der Waals surface area contributed by atoms with Crippen LogP contribution < -0.4 is 5.73 Å². The van der Waals surface area contributed by atoms with Crippen molar-refractivity contribution in [1.82, 2.24) is 9.21 Å². The van der Waals surface area contributed by atoms with Crippen molar-refractivity contribution in [2.75, 3.05) is 25.9 Å². The molecule has 1 fully saturated rings. The molecule has 1 saturated heterocycles. The zero-order valence-corrected chi connectivity index (χ0v) is 13.9. The minimum Gasteiger partial charge on any atom is -0.368 e. The maximum absolute atomic E-state index is 13.5. The maximum atomic E-state index is 13.5. The van der Waals surface area contributed by atoms with Crippen molar-refractivity contribution < 1.29 is 17.6 Å². The molecule has 0 saturated carbocycles. The number of alkyl halides is 1. The lowest BCUT2D eigenvalue weighted by atomic mass is 10.2. The van der Waals surface area contributed by atoms with Gasteiger partial charge in [0.25, 0.3) is 0 Å². The third kappa shape index (κ3) is 4.98. The van der Waals surface area contributed by atoms with Gasteiger partial charge in [-0.1, -0.05) is 30.3 Å². The van der Waals surface area contributed by atoms with Gasteiger partial charge >= 0.3 is 0 Å². The highest BCUT2D eigenvalue weighted by Gasteiger charge is 2.36. The molecule has 6 nitrogen and oxygen atoms in total. The van der Waals surface area contributed by atoms with E-state index in [4.69, 9.17) is 5.73 Å². The number of carbonyl (C=O) groups is 1. The van der Waals surface area contributed by atoms with E-state index in [0.717, 1.165) is 11.8 Å². The minimum atomic E-state index is -3.41. The van der Waals surface area contributed by atoms with E-state index in [1.165, 1.54) is 4.31 Å². The van der Waals surface area contributed by atoms with E-state index in [-0.39, 0.29) is 32.6 Å². The molecule has 2 N–H and O–H groups in total. The van der Waals surface area contributed by atoms with Crippen LogP contribution in [0.1, 0.15) is 12.0 Å². The van der Waals surface area contributed by atoms with E-state index in [1.54, 1.807) is 4.90 Å². The fourth-order valence-electron chi connectivity index (χ4n) is 2.78. The number of nitrogens with zero attached hydrogens (tertiary/aromatic N) is 2. The Labute approximate surface area is 136 Å². The molecular formula is C15H22FN3O3S. The van der Waals surface area contributed by atoms with Gasteiger partial charge in [-0.15, -0.1) is 0 Å². The third-order valence-electron chi connectivity index (χ3n) is 3.99. The summed E-state index contributed by atoms with van der Waals surface area (Å²) in [6, 6.07) is 8.57. The van der Waals surface area contributed by atoms with Crippen LogP contribution in [0.3, 0.4) is 0 Å². The van der Waals surface area contributed by atoms with Gasteiger partial charge in [0.2, 0.25) is 15.9 Å². The number of hydrogen-bond donors (Lipinski definition) is 1. The molecule has 2 atom stereocenters. The number of amides is 1. The molecule has 1 heterocycles. The molecule has 1 amide bonds. The molecule has 1 aromatic carbocycles. The molecule has 0 bridgehead atoms. The van der Waals surface area contributed by atoms with Crippen molar-refractivity contribution in [3.63, 3.8) is 0 Å². The van der Waals surface area contributed by atoms with Gasteiger partial charge < -0.3 is 5.73 Å². The number of benzene rings is 1. The summed E-state index contributed by atoms with van der Waals surface area (Å²) in [6.07, 6.45) is 0.115. The molecule has 0 spiro atoms. The molecule has 128 valence electrons. The van der Waals surface area contributed by atoms with Gasteiger partial charge in [0.1, 0.15) is 6.17 Å². The van der Waals surface area contributed by atoms with Gasteiger partial charge in [-0.3, -0.25) is 9.69 Å². The van der Waals surface area contributed by atoms with E-state index in [9.17, 15) is 17.6 Å². The maximum Gasteiger partial charge on any atom is 0.234 e. The number of rotatable bonds is 7. The number of halogens is 1. The normalized spacial score (nSPS) is 22.6. The average molecular weight is 343 g/mol. The standard InChI is InChI=1S/C15H22FN3O3S/c1-23(21,22)19(10-12-5-3-2-4-6-12)8-7-18-11-13(16)9-14(18)15(17)20/h2-6,13-14H,7-11H2,1H3,(H2,17,20)/t13-,14+/m1/s1. The van der Waals surface area contributed by atoms with Crippen molar-refractivity contribution in [3.8, 4) is 0 Å². The second-order valence-corrected chi connectivity index (χ2v) is 7.81. The first-order valence-electron chi connectivity index (χ1n) is 7.44. The molecule has 8 heteroatoms. The Morgan fingerprint density at radius 3 is 2.61 bits per heavy atom. The van der Waals surface area contributed by atoms with Crippen LogP contribution in [0, 0.1) is 0 Å². The van der Waals surface area contributed by atoms with Crippen LogP contribution in [0.2, 0.25) is 0 Å². The number of hydrogen-bond acceptors (Lipinski definition) is 4. The van der Waals surface area contributed by atoms with E-state index in [1.807, 2.05) is 30.3 Å². The number of likely N-dealkylation sites (tertiary alicyclic amines) is 1. The second kappa shape index (κ2) is 7.37. The van der Waals surface area contributed by atoms with E-state index in [0.29, 0.717) is 0 Å². The molecular weight excluding hydrogens is 321 g/mol. The van der Waals surface area contributed by atoms with Gasteiger partial charge in [-0.05, 0) is 5.56 Å². The summed E-state index contributed by atoms with van der Waals surface area (Å²) in [5.74, 6) is -0.570. The summed E-state index contributed by atoms with van der Waals surface area (Å²) < 4.78 is 38.8. The third-order valence-corrected chi connectivity index (χ3v) is 5.24. The van der Waals surface area contributed by atoms with Gasteiger partial charge in [-0.25, -0.2) is 12.8 Å². The number of nitrogens with two attached hydrogens (primary N) is 1. The molecule has 0 radical (unpaired) electrons. The molecule has 0 unspecified atom stereocenters. The molecule has 0 aliphatic carbocycles. The lowest BCUT2D eigenvalue weighted by Gasteiger charge is -2.26. The van der Waals surface area contributed by atoms with Crippen LogP contribution in [0.4, 0.5) is 4.39 Å². The van der Waals surface area contributed by atoms with Crippen LogP contribution in [-0.2, 0) is 21.4 Å². The van der Waals surface area contributed by atoms with Crippen LogP contribution in [0.5, 0.6) is 0 Å². The summed E-state index contributed by atoms with van der Waals surface area (Å²) in [6.45, 7) is 0.808. The molecule has 23 heavy (non-hydrogen) atoms. The van der Waals surface area contributed by atoms with Gasteiger partial charge in [0, 0.05) is 32.6 Å². The Morgan fingerprint density at radius 1 is 1.39 bits per heavy atom. The fraction of sp³-hybridized carbons (Fsp3) is 0.533. The largest absolute Gasteiger partial charge is 0.368 e. The van der Waals surface area contributed by atoms with E-state index >= 15 is 0 Å². The highest BCUT2D eigenvalue weighted by Crippen LogP contribution is 2.20. The Kier molecular flexibility index (Phi) is 5.72. The van der Waals surface area contributed by atoms with Crippen molar-refractivity contribution in [3.05, 3.63) is 35.9 Å². The summed E-state index contributed by atoms with van der Waals surface area (Å²) in [4.78, 5) is 13.0. The first kappa shape index (κ1) is 17.8. The number of sulfonamides is 1. The Hall–Kier alpha value is -1.51. The average Bonchev–Trinajstić information content (AvgIpc) is 2.84.